The first kappa shape index (κ1) is 16.3. The number of carbonyl (C=O) groups is 2. The fraction of sp³-hybridized carbons (Fsp3) is 0.875. The van der Waals surface area contributed by atoms with Crippen LogP contribution in [0.15, 0.2) is 0 Å². The first-order chi connectivity index (χ1) is 9.83. The highest BCUT2D eigenvalue weighted by Crippen LogP contribution is 2.37. The molecular formula is C16H29N3O2. The average molecular weight is 295 g/mol. The van der Waals surface area contributed by atoms with Gasteiger partial charge in [0.05, 0.1) is 0 Å². The topological polar surface area (TPSA) is 43.9 Å². The summed E-state index contributed by atoms with van der Waals surface area (Å²) < 4.78 is 0. The van der Waals surface area contributed by atoms with E-state index in [1.54, 1.807) is 11.9 Å². The molecule has 0 aliphatic carbocycles. The number of urea groups is 1. The Morgan fingerprint density at radius 2 is 1.71 bits per heavy atom. The molecule has 2 fully saturated rings. The molecule has 120 valence electrons. The maximum atomic E-state index is 12.8. The molecule has 1 spiro atoms. The predicted molar refractivity (Wildman–Crippen MR) is 83.0 cm³/mol. The standard InChI is InChI=1S/C16H29N3O2/c1-6-13(4)18-9-7-16(8-10-18)14(20)19(11-12(2)3)15(21)17(16)5/h12-13H,6-11H2,1-5H3/t13-/m0/s1. The molecule has 0 aromatic rings. The van der Waals surface area contributed by atoms with Crippen molar-refractivity contribution in [3.63, 3.8) is 0 Å². The van der Waals surface area contributed by atoms with E-state index in [1.165, 1.54) is 4.90 Å². The molecule has 2 saturated heterocycles. The average Bonchev–Trinajstić information content (AvgIpc) is 2.63. The number of piperidine rings is 1. The Kier molecular flexibility index (Phi) is 4.61. The van der Waals surface area contributed by atoms with Crippen LogP contribution in [0.2, 0.25) is 0 Å². The van der Waals surface area contributed by atoms with E-state index in [-0.39, 0.29) is 11.9 Å². The summed E-state index contributed by atoms with van der Waals surface area (Å²) in [6.45, 7) is 10.8. The molecule has 0 saturated carbocycles. The van der Waals surface area contributed by atoms with Crippen LogP contribution in [0.1, 0.15) is 47.0 Å². The lowest BCUT2D eigenvalue weighted by Crippen LogP contribution is -2.56. The fourth-order valence-corrected chi connectivity index (χ4v) is 3.51. The number of carbonyl (C=O) groups excluding carboxylic acids is 2. The Bertz CT molecular complexity index is 414. The van der Waals surface area contributed by atoms with Gasteiger partial charge in [-0.3, -0.25) is 9.69 Å². The van der Waals surface area contributed by atoms with Gasteiger partial charge < -0.3 is 9.80 Å². The van der Waals surface area contributed by atoms with Gasteiger partial charge in [-0.05, 0) is 32.1 Å². The highest BCUT2D eigenvalue weighted by Gasteiger charge is 2.56. The van der Waals surface area contributed by atoms with E-state index in [0.29, 0.717) is 18.5 Å². The van der Waals surface area contributed by atoms with Crippen LogP contribution in [0.25, 0.3) is 0 Å². The van der Waals surface area contributed by atoms with Crippen molar-refractivity contribution in [1.29, 1.82) is 0 Å². The van der Waals surface area contributed by atoms with E-state index in [0.717, 1.165) is 32.4 Å². The normalized spacial score (nSPS) is 24.5. The van der Waals surface area contributed by atoms with Gasteiger partial charge in [-0.15, -0.1) is 0 Å². The van der Waals surface area contributed by atoms with E-state index in [9.17, 15) is 9.59 Å². The van der Waals surface area contributed by atoms with Crippen molar-refractivity contribution in [3.05, 3.63) is 0 Å². The molecule has 0 radical (unpaired) electrons. The summed E-state index contributed by atoms with van der Waals surface area (Å²) in [5.74, 6) is 0.328. The SMILES string of the molecule is CC[C@H](C)N1CCC2(CC1)C(=O)N(CC(C)C)C(=O)N2C. The Balaban J connectivity index is 2.13. The van der Waals surface area contributed by atoms with Crippen molar-refractivity contribution >= 4 is 11.9 Å². The number of hydrogen-bond donors (Lipinski definition) is 0. The molecule has 2 aliphatic rings. The van der Waals surface area contributed by atoms with Crippen LogP contribution in [-0.4, -0.2) is 64.9 Å². The van der Waals surface area contributed by atoms with Gasteiger partial charge in [-0.1, -0.05) is 20.8 Å². The minimum atomic E-state index is -0.587. The maximum absolute atomic E-state index is 12.8. The summed E-state index contributed by atoms with van der Waals surface area (Å²) >= 11 is 0. The molecule has 2 aliphatic heterocycles. The van der Waals surface area contributed by atoms with Crippen LogP contribution in [0, 0.1) is 5.92 Å². The molecule has 0 unspecified atom stereocenters. The van der Waals surface area contributed by atoms with Crippen LogP contribution >= 0.6 is 0 Å². The quantitative estimate of drug-likeness (QED) is 0.747. The van der Waals surface area contributed by atoms with Gasteiger partial charge in [-0.2, -0.15) is 0 Å². The molecule has 2 rings (SSSR count). The molecular weight excluding hydrogens is 266 g/mol. The van der Waals surface area contributed by atoms with Crippen molar-refractivity contribution in [3.8, 4) is 0 Å². The minimum Gasteiger partial charge on any atom is -0.312 e. The summed E-state index contributed by atoms with van der Waals surface area (Å²) in [6.07, 6.45) is 2.63. The minimum absolute atomic E-state index is 0.0208. The van der Waals surface area contributed by atoms with Crippen LogP contribution in [0.4, 0.5) is 4.79 Å². The van der Waals surface area contributed by atoms with E-state index >= 15 is 0 Å². The number of rotatable bonds is 4. The Morgan fingerprint density at radius 3 is 2.19 bits per heavy atom. The Hall–Kier alpha value is -1.10. The first-order valence-electron chi connectivity index (χ1n) is 8.17. The third-order valence-electron chi connectivity index (χ3n) is 5.19. The Morgan fingerprint density at radius 1 is 1.14 bits per heavy atom. The molecule has 21 heavy (non-hydrogen) atoms. The molecule has 0 aromatic carbocycles. The molecule has 3 amide bonds. The summed E-state index contributed by atoms with van der Waals surface area (Å²) in [5.41, 5.74) is -0.587. The van der Waals surface area contributed by atoms with Gasteiger partial charge in [0.15, 0.2) is 0 Å². The number of nitrogens with zero attached hydrogens (tertiary/aromatic N) is 3. The summed E-state index contributed by atoms with van der Waals surface area (Å²) in [4.78, 5) is 30.8. The number of likely N-dealkylation sites (tertiary alicyclic amines) is 1. The van der Waals surface area contributed by atoms with E-state index in [2.05, 4.69) is 18.7 Å². The summed E-state index contributed by atoms with van der Waals surface area (Å²) in [6, 6.07) is 0.428. The number of amides is 3. The van der Waals surface area contributed by atoms with Gasteiger partial charge >= 0.3 is 6.03 Å². The highest BCUT2D eigenvalue weighted by molar-refractivity contribution is 6.07. The van der Waals surface area contributed by atoms with E-state index in [4.69, 9.17) is 0 Å². The van der Waals surface area contributed by atoms with E-state index < -0.39 is 5.54 Å². The van der Waals surface area contributed by atoms with Crippen molar-refractivity contribution in [1.82, 2.24) is 14.7 Å². The van der Waals surface area contributed by atoms with Crippen molar-refractivity contribution in [2.45, 2.75) is 58.5 Å². The van der Waals surface area contributed by atoms with Crippen molar-refractivity contribution in [2.75, 3.05) is 26.7 Å². The largest absolute Gasteiger partial charge is 0.327 e. The zero-order valence-electron chi connectivity index (χ0n) is 14.1. The lowest BCUT2D eigenvalue weighted by Gasteiger charge is -2.42. The molecule has 0 aromatic heterocycles. The van der Waals surface area contributed by atoms with Gasteiger partial charge in [0.25, 0.3) is 5.91 Å². The second-order valence-corrected chi connectivity index (χ2v) is 6.98. The summed E-state index contributed by atoms with van der Waals surface area (Å²) in [5, 5.41) is 0. The molecule has 2 heterocycles. The van der Waals surface area contributed by atoms with Gasteiger partial charge in [0, 0.05) is 32.7 Å². The van der Waals surface area contributed by atoms with Crippen LogP contribution in [0.3, 0.4) is 0 Å². The predicted octanol–water partition coefficient (Wildman–Crippen LogP) is 2.17. The highest BCUT2D eigenvalue weighted by atomic mass is 16.2. The number of imide groups is 1. The van der Waals surface area contributed by atoms with Gasteiger partial charge in [0.1, 0.15) is 5.54 Å². The first-order valence-corrected chi connectivity index (χ1v) is 8.17. The zero-order valence-corrected chi connectivity index (χ0v) is 14.1. The fourth-order valence-electron chi connectivity index (χ4n) is 3.51. The van der Waals surface area contributed by atoms with Gasteiger partial charge in [0.2, 0.25) is 0 Å². The molecule has 0 bridgehead atoms. The monoisotopic (exact) mass is 295 g/mol. The second-order valence-electron chi connectivity index (χ2n) is 6.98. The third kappa shape index (κ3) is 2.68. The molecule has 5 nitrogen and oxygen atoms in total. The number of hydrogen-bond acceptors (Lipinski definition) is 3. The summed E-state index contributed by atoms with van der Waals surface area (Å²) in [7, 11) is 1.79. The smallest absolute Gasteiger partial charge is 0.312 e. The second kappa shape index (κ2) is 5.95. The van der Waals surface area contributed by atoms with Crippen LogP contribution in [-0.2, 0) is 4.79 Å². The van der Waals surface area contributed by atoms with Crippen molar-refractivity contribution in [2.24, 2.45) is 5.92 Å². The number of likely N-dealkylation sites (N-methyl/N-ethyl adjacent to an activating group) is 1. The lowest BCUT2D eigenvalue weighted by molar-refractivity contribution is -0.135. The van der Waals surface area contributed by atoms with Crippen LogP contribution < -0.4 is 0 Å². The maximum Gasteiger partial charge on any atom is 0.327 e. The van der Waals surface area contributed by atoms with E-state index in [1.807, 2.05) is 13.8 Å². The molecule has 0 N–H and O–H groups in total. The van der Waals surface area contributed by atoms with Gasteiger partial charge in [-0.25, -0.2) is 4.79 Å². The van der Waals surface area contributed by atoms with Crippen LogP contribution in [0.5, 0.6) is 0 Å². The third-order valence-corrected chi connectivity index (χ3v) is 5.19. The Labute approximate surface area is 128 Å². The molecule has 1 atom stereocenters. The van der Waals surface area contributed by atoms with Crippen molar-refractivity contribution < 1.29 is 9.59 Å². The zero-order chi connectivity index (χ0) is 15.8. The molecule has 5 heteroatoms. The lowest BCUT2D eigenvalue weighted by atomic mass is 9.85.